The smallest absolute Gasteiger partial charge is 0.270 e. The first-order chi connectivity index (χ1) is 11.5. The molecule has 0 atom stereocenters. The molecule has 7 nitrogen and oxygen atoms in total. The van der Waals surface area contributed by atoms with Gasteiger partial charge in [0.05, 0.1) is 10.7 Å². The molecule has 0 aliphatic carbocycles. The van der Waals surface area contributed by atoms with E-state index in [0.717, 1.165) is 0 Å². The van der Waals surface area contributed by atoms with Crippen LogP contribution in [-0.2, 0) is 6.54 Å². The Bertz CT molecular complexity index is 956. The van der Waals surface area contributed by atoms with Crippen molar-refractivity contribution in [1.82, 2.24) is 24.9 Å². The van der Waals surface area contributed by atoms with E-state index in [9.17, 15) is 14.0 Å². The number of ketones is 1. The number of hydrogen-bond acceptors (Lipinski definition) is 5. The Balaban J connectivity index is 1.83. The van der Waals surface area contributed by atoms with Gasteiger partial charge in [0.1, 0.15) is 17.8 Å². The number of benzene rings is 1. The molecular weight excluding hydrogens is 337 g/mol. The molecular formula is C15H11ClFN5O2. The van der Waals surface area contributed by atoms with Crippen LogP contribution in [0.25, 0.3) is 5.78 Å². The Morgan fingerprint density at radius 3 is 2.83 bits per heavy atom. The molecule has 0 saturated carbocycles. The third-order valence-corrected chi connectivity index (χ3v) is 3.60. The average molecular weight is 348 g/mol. The van der Waals surface area contributed by atoms with E-state index in [0.29, 0.717) is 5.56 Å². The summed E-state index contributed by atoms with van der Waals surface area (Å²) in [6, 6.07) is 5.52. The number of nitrogens with zero attached hydrogens (tertiary/aromatic N) is 4. The third kappa shape index (κ3) is 3.09. The zero-order valence-corrected chi connectivity index (χ0v) is 13.2. The summed E-state index contributed by atoms with van der Waals surface area (Å²) in [6.07, 6.45) is 1.35. The predicted molar refractivity (Wildman–Crippen MR) is 83.4 cm³/mol. The van der Waals surface area contributed by atoms with Crippen molar-refractivity contribution in [3.63, 3.8) is 0 Å². The van der Waals surface area contributed by atoms with Crippen LogP contribution in [0.3, 0.4) is 0 Å². The number of nitrogens with one attached hydrogen (secondary N) is 1. The van der Waals surface area contributed by atoms with Crippen LogP contribution < -0.4 is 5.32 Å². The van der Waals surface area contributed by atoms with Crippen molar-refractivity contribution in [2.24, 2.45) is 0 Å². The van der Waals surface area contributed by atoms with E-state index >= 15 is 0 Å². The molecule has 1 N–H and O–H groups in total. The Labute approximate surface area is 140 Å². The fourth-order valence-corrected chi connectivity index (χ4v) is 2.33. The van der Waals surface area contributed by atoms with Gasteiger partial charge in [0.2, 0.25) is 0 Å². The molecule has 24 heavy (non-hydrogen) atoms. The molecule has 0 radical (unpaired) electrons. The van der Waals surface area contributed by atoms with Crippen LogP contribution in [0.1, 0.15) is 33.5 Å². The molecule has 2 aromatic heterocycles. The molecule has 0 fully saturated rings. The summed E-state index contributed by atoms with van der Waals surface area (Å²) in [5, 5.41) is 10.0. The van der Waals surface area contributed by atoms with Gasteiger partial charge in [0, 0.05) is 13.5 Å². The van der Waals surface area contributed by atoms with Crippen LogP contribution in [0.5, 0.6) is 0 Å². The number of rotatable bonds is 4. The average Bonchev–Trinajstić information content (AvgIpc) is 3.03. The Hall–Kier alpha value is -2.87. The van der Waals surface area contributed by atoms with E-state index in [1.165, 1.54) is 41.9 Å². The maximum Gasteiger partial charge on any atom is 0.270 e. The lowest BCUT2D eigenvalue weighted by molar-refractivity contribution is 0.0946. The lowest BCUT2D eigenvalue weighted by atomic mass is 10.2. The highest BCUT2D eigenvalue weighted by Crippen LogP contribution is 2.16. The summed E-state index contributed by atoms with van der Waals surface area (Å²) in [5.41, 5.74) is 0.916. The van der Waals surface area contributed by atoms with E-state index < -0.39 is 11.7 Å². The first-order valence-electron chi connectivity index (χ1n) is 6.89. The van der Waals surface area contributed by atoms with Gasteiger partial charge in [0.15, 0.2) is 5.78 Å². The van der Waals surface area contributed by atoms with Crippen molar-refractivity contribution < 1.29 is 14.0 Å². The van der Waals surface area contributed by atoms with Crippen molar-refractivity contribution in [2.75, 3.05) is 0 Å². The molecule has 0 saturated heterocycles. The van der Waals surface area contributed by atoms with Gasteiger partial charge in [-0.2, -0.15) is 0 Å². The summed E-state index contributed by atoms with van der Waals surface area (Å²) in [6.45, 7) is 1.50. The fourth-order valence-electron chi connectivity index (χ4n) is 2.12. The number of aromatic nitrogens is 4. The summed E-state index contributed by atoms with van der Waals surface area (Å²) in [7, 11) is 0. The maximum absolute atomic E-state index is 13.1. The quantitative estimate of drug-likeness (QED) is 0.729. The standard InChI is InChI=1S/C15H11ClFN5O2/c1-8(23)13-5-12(20-15-21-19-7-22(13)15)14(24)18-6-9-2-3-11(17)10(16)4-9/h2-5,7H,6H2,1H3,(H,18,24). The molecule has 1 aromatic carbocycles. The molecule has 122 valence electrons. The van der Waals surface area contributed by atoms with E-state index in [-0.39, 0.29) is 34.5 Å². The van der Waals surface area contributed by atoms with Crippen LogP contribution in [0, 0.1) is 5.82 Å². The Kier molecular flexibility index (Phi) is 4.22. The number of hydrogen-bond donors (Lipinski definition) is 1. The normalized spacial score (nSPS) is 10.8. The van der Waals surface area contributed by atoms with Gasteiger partial charge >= 0.3 is 0 Å². The molecule has 3 aromatic rings. The third-order valence-electron chi connectivity index (χ3n) is 3.31. The second kappa shape index (κ2) is 6.32. The van der Waals surface area contributed by atoms with Crippen molar-refractivity contribution in [3.05, 3.63) is 58.4 Å². The number of fused-ring (bicyclic) bond motifs is 1. The highest BCUT2D eigenvalue weighted by molar-refractivity contribution is 6.30. The highest BCUT2D eigenvalue weighted by atomic mass is 35.5. The van der Waals surface area contributed by atoms with Crippen LogP contribution in [0.15, 0.2) is 30.6 Å². The van der Waals surface area contributed by atoms with Crippen molar-refractivity contribution in [2.45, 2.75) is 13.5 Å². The predicted octanol–water partition coefficient (Wildman–Crippen LogP) is 2.05. The summed E-state index contributed by atoms with van der Waals surface area (Å²) in [5.74, 6) is -1.13. The molecule has 0 bridgehead atoms. The van der Waals surface area contributed by atoms with Gasteiger partial charge in [-0.3, -0.25) is 14.0 Å². The Morgan fingerprint density at radius 1 is 1.33 bits per heavy atom. The lowest BCUT2D eigenvalue weighted by Gasteiger charge is -2.07. The monoisotopic (exact) mass is 347 g/mol. The minimum absolute atomic E-state index is 0.0244. The van der Waals surface area contributed by atoms with Gasteiger partial charge in [-0.05, 0) is 23.8 Å². The minimum Gasteiger partial charge on any atom is -0.347 e. The number of carbonyl (C=O) groups is 2. The molecule has 3 rings (SSSR count). The lowest BCUT2D eigenvalue weighted by Crippen LogP contribution is -2.25. The first-order valence-corrected chi connectivity index (χ1v) is 7.27. The number of Topliss-reactive ketones (excluding diaryl/α,β-unsaturated/α-hetero) is 1. The second-order valence-electron chi connectivity index (χ2n) is 5.01. The van der Waals surface area contributed by atoms with Crippen LogP contribution in [0.2, 0.25) is 5.02 Å². The van der Waals surface area contributed by atoms with Crippen LogP contribution in [0.4, 0.5) is 4.39 Å². The summed E-state index contributed by atoms with van der Waals surface area (Å²) in [4.78, 5) is 28.0. The molecule has 9 heteroatoms. The van der Waals surface area contributed by atoms with Crippen molar-refractivity contribution in [3.8, 4) is 0 Å². The SMILES string of the molecule is CC(=O)c1cc(C(=O)NCc2ccc(F)c(Cl)c2)nc2nncn12. The largest absolute Gasteiger partial charge is 0.347 e. The van der Waals surface area contributed by atoms with Crippen molar-refractivity contribution in [1.29, 1.82) is 0 Å². The van der Waals surface area contributed by atoms with Gasteiger partial charge in [-0.15, -0.1) is 10.2 Å². The second-order valence-corrected chi connectivity index (χ2v) is 5.42. The first kappa shape index (κ1) is 16.0. The van der Waals surface area contributed by atoms with Gasteiger partial charge in [-0.1, -0.05) is 17.7 Å². The molecule has 0 aliphatic heterocycles. The topological polar surface area (TPSA) is 89.2 Å². The van der Waals surface area contributed by atoms with Gasteiger partial charge < -0.3 is 5.32 Å². The molecule has 0 unspecified atom stereocenters. The highest BCUT2D eigenvalue weighted by Gasteiger charge is 2.15. The summed E-state index contributed by atoms with van der Waals surface area (Å²) < 4.78 is 14.5. The molecule has 0 aliphatic rings. The zero-order valence-electron chi connectivity index (χ0n) is 12.5. The van der Waals surface area contributed by atoms with E-state index in [2.05, 4.69) is 20.5 Å². The molecule has 1 amide bonds. The van der Waals surface area contributed by atoms with Crippen LogP contribution in [-0.4, -0.2) is 31.3 Å². The zero-order chi connectivity index (χ0) is 17.3. The number of carbonyl (C=O) groups excluding carboxylic acids is 2. The van der Waals surface area contributed by atoms with Crippen LogP contribution >= 0.6 is 11.6 Å². The fraction of sp³-hybridized carbons (Fsp3) is 0.133. The maximum atomic E-state index is 13.1. The summed E-state index contributed by atoms with van der Waals surface area (Å²) >= 11 is 5.70. The van der Waals surface area contributed by atoms with E-state index in [1.807, 2.05) is 0 Å². The number of halogens is 2. The van der Waals surface area contributed by atoms with Crippen molar-refractivity contribution >= 4 is 29.1 Å². The van der Waals surface area contributed by atoms with Gasteiger partial charge in [0.25, 0.3) is 11.7 Å². The molecule has 0 spiro atoms. The number of amides is 1. The van der Waals surface area contributed by atoms with Gasteiger partial charge in [-0.25, -0.2) is 9.37 Å². The molecule has 2 heterocycles. The van der Waals surface area contributed by atoms with E-state index in [1.54, 1.807) is 0 Å². The minimum atomic E-state index is -0.531. The van der Waals surface area contributed by atoms with E-state index in [4.69, 9.17) is 11.6 Å². The Morgan fingerprint density at radius 2 is 2.12 bits per heavy atom.